The smallest absolute Gasteiger partial charge is 0.308 e. The first-order valence-electron chi connectivity index (χ1n) is 13.3. The third kappa shape index (κ3) is 6.03. The van der Waals surface area contributed by atoms with Crippen LogP contribution in [0, 0.1) is 5.92 Å². The molecule has 1 saturated carbocycles. The van der Waals surface area contributed by atoms with Crippen molar-refractivity contribution in [2.24, 2.45) is 5.92 Å². The molecule has 1 aliphatic carbocycles. The van der Waals surface area contributed by atoms with Crippen LogP contribution in [0.4, 0.5) is 5.69 Å². The lowest BCUT2D eigenvalue weighted by molar-refractivity contribution is -0.132. The second-order valence-electron chi connectivity index (χ2n) is 10.6. The zero-order valence-electron chi connectivity index (χ0n) is 22.3. The SMILES string of the molecule is CC(=O)N[C@@H]1CC[C@H]2C(C)N(C)c3cc(O[C@H](C)CCCc4ccccc4)cc(OC(C)=O)c3[C@@H]2C1. The Balaban J connectivity index is 1.56. The maximum Gasteiger partial charge on any atom is 0.308 e. The summed E-state index contributed by atoms with van der Waals surface area (Å²) in [6.45, 7) is 7.38. The molecule has 0 bridgehead atoms. The number of fused-ring (bicyclic) bond motifs is 3. The number of anilines is 1. The van der Waals surface area contributed by atoms with Gasteiger partial charge < -0.3 is 19.7 Å². The van der Waals surface area contributed by atoms with Crippen LogP contribution in [0.5, 0.6) is 11.5 Å². The summed E-state index contributed by atoms with van der Waals surface area (Å²) in [5, 5.41) is 3.12. The van der Waals surface area contributed by atoms with Crippen molar-refractivity contribution in [2.45, 2.75) is 90.3 Å². The van der Waals surface area contributed by atoms with Gasteiger partial charge in [-0.3, -0.25) is 9.59 Å². The number of esters is 1. The summed E-state index contributed by atoms with van der Waals surface area (Å²) in [6, 6.07) is 15.0. The number of carbonyl (C=O) groups excluding carboxylic acids is 2. The van der Waals surface area contributed by atoms with Crippen LogP contribution in [0.25, 0.3) is 0 Å². The van der Waals surface area contributed by atoms with Gasteiger partial charge in [0.05, 0.1) is 6.10 Å². The summed E-state index contributed by atoms with van der Waals surface area (Å²) < 4.78 is 12.1. The Bertz CT molecular complexity index is 1070. The summed E-state index contributed by atoms with van der Waals surface area (Å²) in [5.41, 5.74) is 3.46. The van der Waals surface area contributed by atoms with Crippen molar-refractivity contribution in [1.29, 1.82) is 0 Å². The first-order chi connectivity index (χ1) is 17.2. The van der Waals surface area contributed by atoms with Crippen LogP contribution in [-0.2, 0) is 16.0 Å². The molecule has 36 heavy (non-hydrogen) atoms. The van der Waals surface area contributed by atoms with Crippen molar-refractivity contribution in [2.75, 3.05) is 11.9 Å². The van der Waals surface area contributed by atoms with Gasteiger partial charge in [0.25, 0.3) is 0 Å². The number of ether oxygens (including phenoxy) is 2. The quantitative estimate of drug-likeness (QED) is 0.382. The van der Waals surface area contributed by atoms with Crippen LogP contribution in [0.1, 0.15) is 76.8 Å². The Morgan fingerprint density at radius 2 is 1.89 bits per heavy atom. The van der Waals surface area contributed by atoms with Gasteiger partial charge in [-0.05, 0) is 69.8 Å². The molecular formula is C30H40N2O4. The first-order valence-corrected chi connectivity index (χ1v) is 13.3. The van der Waals surface area contributed by atoms with Gasteiger partial charge >= 0.3 is 5.97 Å². The number of nitrogens with one attached hydrogen (secondary N) is 1. The molecule has 1 unspecified atom stereocenters. The van der Waals surface area contributed by atoms with Crippen molar-refractivity contribution in [3.05, 3.63) is 53.6 Å². The van der Waals surface area contributed by atoms with Crippen molar-refractivity contribution >= 4 is 17.6 Å². The fraction of sp³-hybridized carbons (Fsp3) is 0.533. The Labute approximate surface area is 215 Å². The second-order valence-corrected chi connectivity index (χ2v) is 10.6. The molecule has 0 aromatic heterocycles. The topological polar surface area (TPSA) is 67.9 Å². The zero-order valence-corrected chi connectivity index (χ0v) is 22.3. The highest BCUT2D eigenvalue weighted by atomic mass is 16.5. The first kappa shape index (κ1) is 26.1. The standard InChI is InChI=1S/C30H40N2O4/c1-19(10-9-13-23-11-7-6-8-12-23)35-25-17-28-30(29(18-25)36-22(4)34)27-16-24(31-21(3)33)14-15-26(27)20(2)32(28)5/h6-8,11-12,17-20,24,26-27H,9-10,13-16H2,1-5H3,(H,31,33)/t19-,20?,24-,26+,27-/m1/s1. The molecule has 5 atom stereocenters. The van der Waals surface area contributed by atoms with Gasteiger partial charge in [0.15, 0.2) is 0 Å². The van der Waals surface area contributed by atoms with Gasteiger partial charge in [-0.1, -0.05) is 30.3 Å². The second kappa shape index (κ2) is 11.4. The lowest BCUT2D eigenvalue weighted by atomic mass is 9.67. The Hall–Kier alpha value is -3.02. The molecule has 0 saturated heterocycles. The summed E-state index contributed by atoms with van der Waals surface area (Å²) >= 11 is 0. The van der Waals surface area contributed by atoms with E-state index in [1.54, 1.807) is 6.92 Å². The van der Waals surface area contributed by atoms with E-state index in [0.29, 0.717) is 17.7 Å². The van der Waals surface area contributed by atoms with E-state index in [2.05, 4.69) is 61.4 Å². The van der Waals surface area contributed by atoms with E-state index in [4.69, 9.17) is 9.47 Å². The van der Waals surface area contributed by atoms with E-state index < -0.39 is 0 Å². The Morgan fingerprint density at radius 3 is 2.58 bits per heavy atom. The molecule has 2 aliphatic rings. The average Bonchev–Trinajstić information content (AvgIpc) is 2.82. The fourth-order valence-corrected chi connectivity index (χ4v) is 6.12. The third-order valence-corrected chi connectivity index (χ3v) is 7.90. The monoisotopic (exact) mass is 492 g/mol. The van der Waals surface area contributed by atoms with E-state index in [1.807, 2.05) is 12.1 Å². The summed E-state index contributed by atoms with van der Waals surface area (Å²) in [5.74, 6) is 1.63. The maximum atomic E-state index is 12.1. The molecular weight excluding hydrogens is 452 g/mol. The van der Waals surface area contributed by atoms with Crippen LogP contribution in [0.3, 0.4) is 0 Å². The van der Waals surface area contributed by atoms with Gasteiger partial charge in [0, 0.05) is 56.4 Å². The van der Waals surface area contributed by atoms with Gasteiger partial charge in [-0.25, -0.2) is 0 Å². The molecule has 1 amide bonds. The van der Waals surface area contributed by atoms with E-state index >= 15 is 0 Å². The highest BCUT2D eigenvalue weighted by Crippen LogP contribution is 2.53. The Morgan fingerprint density at radius 1 is 1.14 bits per heavy atom. The minimum Gasteiger partial charge on any atom is -0.491 e. The van der Waals surface area contributed by atoms with Gasteiger partial charge in [-0.15, -0.1) is 0 Å². The van der Waals surface area contributed by atoms with E-state index in [1.165, 1.54) is 12.5 Å². The largest absolute Gasteiger partial charge is 0.491 e. The normalized spacial score (nSPS) is 23.8. The van der Waals surface area contributed by atoms with E-state index in [0.717, 1.165) is 55.5 Å². The number of benzene rings is 2. The molecule has 1 aliphatic heterocycles. The number of hydrogen-bond acceptors (Lipinski definition) is 5. The van der Waals surface area contributed by atoms with Crippen molar-refractivity contribution in [3.63, 3.8) is 0 Å². The molecule has 194 valence electrons. The highest BCUT2D eigenvalue weighted by molar-refractivity contribution is 5.75. The number of carbonyl (C=O) groups is 2. The van der Waals surface area contributed by atoms with Gasteiger partial charge in [0.1, 0.15) is 11.5 Å². The molecule has 1 fully saturated rings. The minimum absolute atomic E-state index is 0.00450. The fourth-order valence-electron chi connectivity index (χ4n) is 6.12. The van der Waals surface area contributed by atoms with Crippen LogP contribution < -0.4 is 19.7 Å². The third-order valence-electron chi connectivity index (χ3n) is 7.90. The van der Waals surface area contributed by atoms with Gasteiger partial charge in [0.2, 0.25) is 5.91 Å². The number of amides is 1. The lowest BCUT2D eigenvalue weighted by Gasteiger charge is -2.49. The van der Waals surface area contributed by atoms with E-state index in [9.17, 15) is 9.59 Å². The van der Waals surface area contributed by atoms with E-state index in [-0.39, 0.29) is 29.9 Å². The number of nitrogens with zero attached hydrogens (tertiary/aromatic N) is 1. The molecule has 0 spiro atoms. The number of rotatable bonds is 8. The van der Waals surface area contributed by atoms with Crippen LogP contribution in [-0.4, -0.2) is 37.1 Å². The van der Waals surface area contributed by atoms with Crippen LogP contribution in [0.2, 0.25) is 0 Å². The molecule has 1 N–H and O–H groups in total. The van der Waals surface area contributed by atoms with Crippen molar-refractivity contribution in [1.82, 2.24) is 5.32 Å². The molecule has 6 nitrogen and oxygen atoms in total. The minimum atomic E-state index is -0.336. The maximum absolute atomic E-state index is 12.1. The Kier molecular flexibility index (Phi) is 8.22. The molecule has 0 radical (unpaired) electrons. The van der Waals surface area contributed by atoms with Gasteiger partial charge in [-0.2, -0.15) is 0 Å². The molecule has 1 heterocycles. The van der Waals surface area contributed by atoms with Crippen molar-refractivity contribution < 1.29 is 19.1 Å². The predicted molar refractivity (Wildman–Crippen MR) is 143 cm³/mol. The van der Waals surface area contributed by atoms with Crippen LogP contribution in [0.15, 0.2) is 42.5 Å². The number of aryl methyl sites for hydroxylation is 1. The average molecular weight is 493 g/mol. The highest BCUT2D eigenvalue weighted by Gasteiger charge is 2.43. The molecule has 2 aromatic rings. The molecule has 2 aromatic carbocycles. The zero-order chi connectivity index (χ0) is 25.8. The van der Waals surface area contributed by atoms with Crippen LogP contribution >= 0.6 is 0 Å². The summed E-state index contributed by atoms with van der Waals surface area (Å²) in [4.78, 5) is 26.1. The molecule has 4 rings (SSSR count). The number of hydrogen-bond donors (Lipinski definition) is 1. The molecule has 6 heteroatoms. The summed E-state index contributed by atoms with van der Waals surface area (Å²) in [7, 11) is 2.12. The summed E-state index contributed by atoms with van der Waals surface area (Å²) in [6.07, 6.45) is 5.88. The lowest BCUT2D eigenvalue weighted by Crippen LogP contribution is -2.48. The van der Waals surface area contributed by atoms with Crippen molar-refractivity contribution in [3.8, 4) is 11.5 Å². The predicted octanol–water partition coefficient (Wildman–Crippen LogP) is 5.63.